The average molecular weight is 417 g/mol. The number of nitro groups is 1. The number of nitrogens with zero attached hydrogens (tertiary/aromatic N) is 1. The molecule has 2 rings (SSSR count). The Morgan fingerprint density at radius 3 is 2.48 bits per heavy atom. The van der Waals surface area contributed by atoms with Gasteiger partial charge in [-0.05, 0) is 40.2 Å². The van der Waals surface area contributed by atoms with Gasteiger partial charge in [0.25, 0.3) is 5.69 Å². The van der Waals surface area contributed by atoms with Crippen molar-refractivity contribution in [3.63, 3.8) is 0 Å². The van der Waals surface area contributed by atoms with Crippen LogP contribution in [0.15, 0.2) is 45.3 Å². The fourth-order valence-corrected chi connectivity index (χ4v) is 2.60. The third kappa shape index (κ3) is 3.95. The van der Waals surface area contributed by atoms with Crippen molar-refractivity contribution in [2.75, 3.05) is 7.11 Å². The number of hydrogen-bond acceptors (Lipinski definition) is 4. The highest BCUT2D eigenvalue weighted by atomic mass is 79.9. The number of ether oxygens (including phenoxy) is 2. The fourth-order valence-electron chi connectivity index (χ4n) is 1.65. The van der Waals surface area contributed by atoms with Crippen LogP contribution in [-0.4, -0.2) is 12.0 Å². The van der Waals surface area contributed by atoms with Gasteiger partial charge in [0.1, 0.15) is 18.1 Å². The first-order valence-corrected chi connectivity index (χ1v) is 7.49. The largest absolute Gasteiger partial charge is 0.497 e. The van der Waals surface area contributed by atoms with E-state index >= 15 is 0 Å². The topological polar surface area (TPSA) is 61.6 Å². The van der Waals surface area contributed by atoms with Crippen molar-refractivity contribution < 1.29 is 14.4 Å². The lowest BCUT2D eigenvalue weighted by atomic mass is 10.2. The summed E-state index contributed by atoms with van der Waals surface area (Å²) in [6, 6.07) is 9.97. The molecule has 0 saturated heterocycles. The maximum atomic E-state index is 10.7. The van der Waals surface area contributed by atoms with Crippen LogP contribution in [0.1, 0.15) is 5.56 Å². The molecule has 0 spiro atoms. The van der Waals surface area contributed by atoms with E-state index in [2.05, 4.69) is 31.9 Å². The summed E-state index contributed by atoms with van der Waals surface area (Å²) in [6.07, 6.45) is 0. The van der Waals surface area contributed by atoms with Crippen molar-refractivity contribution in [1.29, 1.82) is 0 Å². The molecule has 0 atom stereocenters. The molecule has 0 fully saturated rings. The van der Waals surface area contributed by atoms with Gasteiger partial charge in [-0.25, -0.2) is 0 Å². The van der Waals surface area contributed by atoms with Gasteiger partial charge in [0.05, 0.1) is 16.5 Å². The summed E-state index contributed by atoms with van der Waals surface area (Å²) in [5.74, 6) is 1.40. The number of benzene rings is 2. The van der Waals surface area contributed by atoms with Crippen LogP contribution in [0.3, 0.4) is 0 Å². The molecular weight excluding hydrogens is 406 g/mol. The van der Waals surface area contributed by atoms with Gasteiger partial charge in [0, 0.05) is 22.2 Å². The normalized spacial score (nSPS) is 10.2. The van der Waals surface area contributed by atoms with Crippen molar-refractivity contribution in [1.82, 2.24) is 0 Å². The van der Waals surface area contributed by atoms with Gasteiger partial charge in [-0.1, -0.05) is 15.9 Å². The first-order chi connectivity index (χ1) is 10.0. The van der Waals surface area contributed by atoms with Crippen molar-refractivity contribution in [2.45, 2.75) is 6.61 Å². The highest BCUT2D eigenvalue weighted by Crippen LogP contribution is 2.31. The minimum atomic E-state index is -0.435. The van der Waals surface area contributed by atoms with Gasteiger partial charge in [0.2, 0.25) is 0 Å². The van der Waals surface area contributed by atoms with E-state index in [1.54, 1.807) is 31.4 Å². The summed E-state index contributed by atoms with van der Waals surface area (Å²) in [5.41, 5.74) is 0.861. The van der Waals surface area contributed by atoms with Crippen molar-refractivity contribution in [3.8, 4) is 11.5 Å². The van der Waals surface area contributed by atoms with E-state index < -0.39 is 4.92 Å². The summed E-state index contributed by atoms with van der Waals surface area (Å²) in [6.45, 7) is 0.295. The molecule has 0 aliphatic rings. The van der Waals surface area contributed by atoms with Crippen LogP contribution >= 0.6 is 31.9 Å². The van der Waals surface area contributed by atoms with Gasteiger partial charge in [0.15, 0.2) is 0 Å². The Labute approximate surface area is 138 Å². The quantitative estimate of drug-likeness (QED) is 0.523. The van der Waals surface area contributed by atoms with E-state index in [0.29, 0.717) is 16.8 Å². The van der Waals surface area contributed by atoms with Crippen LogP contribution < -0.4 is 9.47 Å². The molecule has 0 saturated carbocycles. The molecule has 5 nitrogen and oxygen atoms in total. The SMILES string of the molecule is COc1ccc(OCc2ccc([N+](=O)[O-])cc2Br)c(Br)c1. The smallest absolute Gasteiger partial charge is 0.270 e. The van der Waals surface area contributed by atoms with Crippen LogP contribution in [0.5, 0.6) is 11.5 Å². The summed E-state index contributed by atoms with van der Waals surface area (Å²) in [4.78, 5) is 10.2. The molecule has 2 aromatic rings. The molecular formula is C14H11Br2NO4. The standard InChI is InChI=1S/C14H11Br2NO4/c1-20-11-4-5-14(13(16)7-11)21-8-9-2-3-10(17(18)19)6-12(9)15/h2-7H,8H2,1H3. The van der Waals surface area contributed by atoms with E-state index in [1.165, 1.54) is 12.1 Å². The maximum Gasteiger partial charge on any atom is 0.270 e. The molecule has 0 aliphatic carbocycles. The van der Waals surface area contributed by atoms with Gasteiger partial charge >= 0.3 is 0 Å². The number of nitro benzene ring substituents is 1. The molecule has 2 aromatic carbocycles. The van der Waals surface area contributed by atoms with Crippen molar-refractivity contribution in [3.05, 3.63) is 61.0 Å². The lowest BCUT2D eigenvalue weighted by molar-refractivity contribution is -0.384. The Kier molecular flexibility index (Phi) is 5.19. The molecule has 0 amide bonds. The van der Waals surface area contributed by atoms with Crippen LogP contribution in [0.25, 0.3) is 0 Å². The van der Waals surface area contributed by atoms with Gasteiger partial charge in [-0.2, -0.15) is 0 Å². The maximum absolute atomic E-state index is 10.7. The van der Waals surface area contributed by atoms with Crippen molar-refractivity contribution in [2.24, 2.45) is 0 Å². The lowest BCUT2D eigenvalue weighted by Gasteiger charge is -2.10. The van der Waals surface area contributed by atoms with Crippen LogP contribution in [-0.2, 0) is 6.61 Å². The summed E-state index contributed by atoms with van der Waals surface area (Å²) < 4.78 is 12.2. The molecule has 0 heterocycles. The molecule has 0 aromatic heterocycles. The molecule has 0 unspecified atom stereocenters. The van der Waals surface area contributed by atoms with Crippen molar-refractivity contribution >= 4 is 37.5 Å². The second kappa shape index (κ2) is 6.91. The van der Waals surface area contributed by atoms with Gasteiger partial charge < -0.3 is 9.47 Å². The first-order valence-electron chi connectivity index (χ1n) is 5.90. The number of rotatable bonds is 5. The van der Waals surface area contributed by atoms with E-state index in [-0.39, 0.29) is 5.69 Å². The number of non-ortho nitro benzene ring substituents is 1. The van der Waals surface area contributed by atoms with E-state index in [1.807, 2.05) is 0 Å². The molecule has 0 bridgehead atoms. The fraction of sp³-hybridized carbons (Fsp3) is 0.143. The van der Waals surface area contributed by atoms with E-state index in [4.69, 9.17) is 9.47 Å². The minimum Gasteiger partial charge on any atom is -0.497 e. The Morgan fingerprint density at radius 1 is 1.14 bits per heavy atom. The lowest BCUT2D eigenvalue weighted by Crippen LogP contribution is -1.98. The highest BCUT2D eigenvalue weighted by Gasteiger charge is 2.10. The second-order valence-electron chi connectivity index (χ2n) is 4.12. The Morgan fingerprint density at radius 2 is 1.90 bits per heavy atom. The number of halogens is 2. The molecule has 0 N–H and O–H groups in total. The van der Waals surface area contributed by atoms with E-state index in [9.17, 15) is 10.1 Å². The molecule has 0 radical (unpaired) electrons. The molecule has 0 aliphatic heterocycles. The van der Waals surface area contributed by atoms with Gasteiger partial charge in [-0.15, -0.1) is 0 Å². The molecule has 21 heavy (non-hydrogen) atoms. The third-order valence-electron chi connectivity index (χ3n) is 2.77. The van der Waals surface area contributed by atoms with Gasteiger partial charge in [-0.3, -0.25) is 10.1 Å². The third-order valence-corrected chi connectivity index (χ3v) is 4.13. The highest BCUT2D eigenvalue weighted by molar-refractivity contribution is 9.10. The molecule has 7 heteroatoms. The summed E-state index contributed by atoms with van der Waals surface area (Å²) >= 11 is 6.72. The predicted octanol–water partition coefficient (Wildman–Crippen LogP) is 4.71. The Bertz CT molecular complexity index is 676. The molecule has 110 valence electrons. The van der Waals surface area contributed by atoms with E-state index in [0.717, 1.165) is 15.8 Å². The zero-order valence-electron chi connectivity index (χ0n) is 11.0. The van der Waals surface area contributed by atoms with Crippen LogP contribution in [0.4, 0.5) is 5.69 Å². The summed E-state index contributed by atoms with van der Waals surface area (Å²) in [7, 11) is 1.59. The number of hydrogen-bond donors (Lipinski definition) is 0. The number of methoxy groups -OCH3 is 1. The minimum absolute atomic E-state index is 0.0382. The predicted molar refractivity (Wildman–Crippen MR) is 85.8 cm³/mol. The van der Waals surface area contributed by atoms with Crippen LogP contribution in [0.2, 0.25) is 0 Å². The Balaban J connectivity index is 2.11. The second-order valence-corrected chi connectivity index (χ2v) is 5.83. The average Bonchev–Trinajstić information content (AvgIpc) is 2.46. The van der Waals surface area contributed by atoms with Crippen LogP contribution in [0, 0.1) is 10.1 Å². The zero-order chi connectivity index (χ0) is 15.4. The monoisotopic (exact) mass is 415 g/mol. The first kappa shape index (κ1) is 15.8. The Hall–Kier alpha value is -1.60. The zero-order valence-corrected chi connectivity index (χ0v) is 14.2. The summed E-state index contributed by atoms with van der Waals surface area (Å²) in [5, 5.41) is 10.7.